The fraction of sp³-hybridized carbons (Fsp3) is 0.850. The number of anilines is 1. The second kappa shape index (κ2) is 21.6. The minimum absolute atomic E-state index is 0.0139. The zero-order valence-electron chi connectivity index (χ0n) is 36.0. The number of carbonyl (C=O) groups is 1. The Morgan fingerprint density at radius 3 is 2.13 bits per heavy atom. The van der Waals surface area contributed by atoms with Gasteiger partial charge in [-0.2, -0.15) is 9.05 Å². The number of alkyl carbamates (subject to hydrolysis) is 1. The van der Waals surface area contributed by atoms with Crippen molar-refractivity contribution in [3.8, 4) is 0 Å². The summed E-state index contributed by atoms with van der Waals surface area (Å²) in [5.41, 5.74) is 6.87. The summed E-state index contributed by atoms with van der Waals surface area (Å²) < 4.78 is 24.0. The molecule has 312 valence electrons. The monoisotopic (exact) mass is 791 g/mol. The second-order valence-corrected chi connectivity index (χ2v) is 18.5. The SMILES string of the molecule is [B][P+](O)(OC)OC[C@@H]1C[C@H](OC(=O)NCCCCCCNC(C)(C(C)C(C)C(C)C(C)CC)C(C)C(C)C(C)C(C)CC)[C@H](n2cnc3c(N)ncnc32)O1. The number of nitrogens with zero attached hydrogens (tertiary/aromatic N) is 4. The molecule has 1 fully saturated rings. The number of nitrogen functional groups attached to an aromatic ring is 1. The van der Waals surface area contributed by atoms with Gasteiger partial charge >= 0.3 is 21.5 Å². The second-order valence-electron chi connectivity index (χ2n) is 16.8. The fourth-order valence-corrected chi connectivity index (χ4v) is 8.81. The third kappa shape index (κ3) is 12.5. The summed E-state index contributed by atoms with van der Waals surface area (Å²) in [6.07, 6.45) is 6.99. The van der Waals surface area contributed by atoms with Crippen LogP contribution in [0.15, 0.2) is 12.7 Å². The quantitative estimate of drug-likeness (QED) is 0.0461. The van der Waals surface area contributed by atoms with E-state index < -0.39 is 32.4 Å². The lowest BCUT2D eigenvalue weighted by Crippen LogP contribution is -2.57. The number of ether oxygens (including phenoxy) is 2. The van der Waals surface area contributed by atoms with Gasteiger partial charge in [0.05, 0.1) is 19.5 Å². The zero-order chi connectivity index (χ0) is 41.1. The average molecular weight is 791 g/mol. The van der Waals surface area contributed by atoms with Crippen LogP contribution in [0, 0.1) is 47.3 Å². The minimum Gasteiger partial charge on any atom is -0.441 e. The summed E-state index contributed by atoms with van der Waals surface area (Å²) in [5, 5.41) is 7.04. The van der Waals surface area contributed by atoms with E-state index in [0.29, 0.717) is 65.1 Å². The molecule has 55 heavy (non-hydrogen) atoms. The number of imidazole rings is 1. The van der Waals surface area contributed by atoms with E-state index in [1.54, 1.807) is 4.57 Å². The highest BCUT2D eigenvalue weighted by molar-refractivity contribution is 7.85. The van der Waals surface area contributed by atoms with E-state index in [4.69, 9.17) is 31.8 Å². The van der Waals surface area contributed by atoms with E-state index in [1.807, 2.05) is 0 Å². The Hall–Kier alpha value is -2.09. The first-order chi connectivity index (χ1) is 25.9. The van der Waals surface area contributed by atoms with E-state index in [1.165, 1.54) is 32.6 Å². The normalized spacial score (nSPS) is 24.2. The van der Waals surface area contributed by atoms with Crippen LogP contribution >= 0.6 is 7.82 Å². The molecule has 15 heteroatoms. The number of nitrogens with one attached hydrogen (secondary N) is 2. The predicted molar refractivity (Wildman–Crippen MR) is 223 cm³/mol. The van der Waals surface area contributed by atoms with Crippen molar-refractivity contribution in [2.45, 2.75) is 145 Å². The van der Waals surface area contributed by atoms with E-state index in [2.05, 4.69) is 102 Å². The molecule has 3 rings (SSSR count). The molecule has 0 aromatic carbocycles. The average Bonchev–Trinajstić information content (AvgIpc) is 3.79. The number of rotatable bonds is 24. The molecule has 0 spiro atoms. The van der Waals surface area contributed by atoms with Gasteiger partial charge < -0.3 is 25.8 Å². The maximum absolute atomic E-state index is 13.0. The van der Waals surface area contributed by atoms with Crippen molar-refractivity contribution in [2.75, 3.05) is 32.5 Å². The molecule has 13 nitrogen and oxygen atoms in total. The molecule has 0 aliphatic carbocycles. The lowest BCUT2D eigenvalue weighted by Gasteiger charge is -2.50. The van der Waals surface area contributed by atoms with Gasteiger partial charge in [0.2, 0.25) is 0 Å². The number of carbonyl (C=O) groups excluding carboxylic acids is 1. The van der Waals surface area contributed by atoms with Crippen molar-refractivity contribution in [3.05, 3.63) is 12.7 Å². The smallest absolute Gasteiger partial charge is 0.441 e. The molecule has 0 bridgehead atoms. The van der Waals surface area contributed by atoms with Gasteiger partial charge in [-0.15, -0.1) is 0 Å². The Morgan fingerprint density at radius 1 is 0.982 bits per heavy atom. The van der Waals surface area contributed by atoms with Crippen LogP contribution in [-0.2, 0) is 18.5 Å². The first kappa shape index (κ1) is 47.3. The highest BCUT2D eigenvalue weighted by atomic mass is 31.2. The van der Waals surface area contributed by atoms with Crippen LogP contribution in [0.1, 0.15) is 127 Å². The van der Waals surface area contributed by atoms with Crippen molar-refractivity contribution >= 4 is 38.5 Å². The molecule has 0 saturated carbocycles. The number of aromatic nitrogens is 4. The van der Waals surface area contributed by atoms with Gasteiger partial charge in [0.15, 0.2) is 23.8 Å². The molecule has 1 saturated heterocycles. The molecule has 3 heterocycles. The van der Waals surface area contributed by atoms with E-state index in [-0.39, 0.29) is 24.4 Å². The summed E-state index contributed by atoms with van der Waals surface area (Å²) in [5.74, 6) is 5.20. The molecule has 1 aliphatic heterocycles. The molecule has 1 amide bonds. The number of fused-ring (bicyclic) bond motifs is 1. The van der Waals surface area contributed by atoms with Crippen LogP contribution in [0.25, 0.3) is 11.2 Å². The van der Waals surface area contributed by atoms with Gasteiger partial charge in [-0.3, -0.25) is 4.57 Å². The van der Waals surface area contributed by atoms with Gasteiger partial charge in [-0.25, -0.2) is 24.6 Å². The zero-order valence-corrected chi connectivity index (χ0v) is 36.9. The van der Waals surface area contributed by atoms with Gasteiger partial charge in [-0.1, -0.05) is 94.9 Å². The largest absolute Gasteiger partial charge is 0.488 e. The third-order valence-corrected chi connectivity index (χ3v) is 14.9. The standard InChI is InChI=1S/C40H74BN7O6P/c1-13-25(3)27(5)29(7)31(9)40(11,32(10)30(8)28(6)26(4)14-2)47-20-18-16-15-17-19-43-39(49)54-34-21-33(22-52-55(41,50)51-12)53-38(34)48-24-46-35-36(42)44-23-45-37(35)48/h23-34,38,47,50H,13-22H2,1-12H3,(H,43,49)(H2,42,44,45)/q+1/t25?,26?,27?,28?,29?,30?,31?,32?,33-,34-,38+,40?,55?/m0/s1. The number of hydrogen-bond donors (Lipinski definition) is 4. The summed E-state index contributed by atoms with van der Waals surface area (Å²) in [6.45, 7) is 28.1. The Balaban J connectivity index is 1.54. The first-order valence-electron chi connectivity index (χ1n) is 20.8. The Labute approximate surface area is 333 Å². The molecule has 1 aliphatic rings. The van der Waals surface area contributed by atoms with Gasteiger partial charge in [0.25, 0.3) is 0 Å². The molecule has 12 atom stereocenters. The molecule has 2 radical (unpaired) electrons. The number of amides is 1. The molecular weight excluding hydrogens is 716 g/mol. The van der Waals surface area contributed by atoms with Crippen molar-refractivity contribution < 1.29 is 28.2 Å². The number of hydrogen-bond acceptors (Lipinski definition) is 11. The van der Waals surface area contributed by atoms with Crippen LogP contribution in [0.5, 0.6) is 0 Å². The van der Waals surface area contributed by atoms with E-state index in [0.717, 1.165) is 32.2 Å². The minimum atomic E-state index is -3.48. The fourth-order valence-electron chi connectivity index (χ4n) is 8.32. The van der Waals surface area contributed by atoms with Crippen LogP contribution in [0.2, 0.25) is 0 Å². The highest BCUT2D eigenvalue weighted by Gasteiger charge is 2.45. The van der Waals surface area contributed by atoms with E-state index >= 15 is 0 Å². The van der Waals surface area contributed by atoms with Gasteiger partial charge in [0, 0.05) is 18.5 Å². The van der Waals surface area contributed by atoms with Crippen LogP contribution < -0.4 is 16.4 Å². The van der Waals surface area contributed by atoms with Crippen molar-refractivity contribution in [2.24, 2.45) is 47.3 Å². The molecular formula is C40H74BN7O6P+. The maximum atomic E-state index is 13.0. The van der Waals surface area contributed by atoms with Crippen LogP contribution in [0.4, 0.5) is 10.6 Å². The maximum Gasteiger partial charge on any atom is 0.488 e. The van der Waals surface area contributed by atoms with E-state index in [9.17, 15) is 9.69 Å². The van der Waals surface area contributed by atoms with Crippen LogP contribution in [-0.4, -0.2) is 82.6 Å². The van der Waals surface area contributed by atoms with Crippen molar-refractivity contribution in [1.82, 2.24) is 30.2 Å². The summed E-state index contributed by atoms with van der Waals surface area (Å²) >= 11 is 0. The topological polar surface area (TPSA) is 168 Å². The van der Waals surface area contributed by atoms with Gasteiger partial charge in [-0.05, 0) is 73.7 Å². The molecule has 2 aromatic rings. The Bertz CT molecular complexity index is 1430. The lowest BCUT2D eigenvalue weighted by atomic mass is 9.61. The third-order valence-electron chi connectivity index (χ3n) is 13.9. The van der Waals surface area contributed by atoms with Gasteiger partial charge in [0.1, 0.15) is 18.5 Å². The van der Waals surface area contributed by atoms with Crippen molar-refractivity contribution in [3.63, 3.8) is 0 Å². The predicted octanol–water partition coefficient (Wildman–Crippen LogP) is 8.11. The lowest BCUT2D eigenvalue weighted by molar-refractivity contribution is -0.0504. The number of unbranched alkanes of at least 4 members (excludes halogenated alkanes) is 3. The molecule has 5 N–H and O–H groups in total. The Kier molecular flexibility index (Phi) is 18.6. The summed E-state index contributed by atoms with van der Waals surface area (Å²) in [6, 6.07) is 0. The highest BCUT2D eigenvalue weighted by Crippen LogP contribution is 2.51. The first-order valence-corrected chi connectivity index (χ1v) is 22.4. The van der Waals surface area contributed by atoms with Crippen LogP contribution in [0.3, 0.4) is 0 Å². The molecule has 9 unspecified atom stereocenters. The number of nitrogens with two attached hydrogens (primary N) is 1. The summed E-state index contributed by atoms with van der Waals surface area (Å²) in [4.78, 5) is 35.7. The van der Waals surface area contributed by atoms with Crippen molar-refractivity contribution in [1.29, 1.82) is 0 Å². The Morgan fingerprint density at radius 2 is 1.56 bits per heavy atom. The summed E-state index contributed by atoms with van der Waals surface area (Å²) in [7, 11) is 3.46. The molecule has 2 aromatic heterocycles.